The van der Waals surface area contributed by atoms with Gasteiger partial charge in [-0.05, 0) is 10.8 Å². The van der Waals surface area contributed by atoms with Gasteiger partial charge in [0.15, 0.2) is 0 Å². The van der Waals surface area contributed by atoms with Crippen molar-refractivity contribution in [2.24, 2.45) is 0 Å². The van der Waals surface area contributed by atoms with E-state index in [-0.39, 0.29) is 17.4 Å². The summed E-state index contributed by atoms with van der Waals surface area (Å²) in [5, 5.41) is 0.264. The monoisotopic (exact) mass is 352 g/mol. The summed E-state index contributed by atoms with van der Waals surface area (Å²) in [6.07, 6.45) is -1.55. The van der Waals surface area contributed by atoms with Crippen molar-refractivity contribution in [3.05, 3.63) is 46.6 Å². The van der Waals surface area contributed by atoms with Crippen LogP contribution in [0.5, 0.6) is 0 Å². The standard InChI is InChI=1S/C15H23B2O6P/c1-20-13-11(9-7-5-4-6-8-9)23-12(14(13)21-2)10(16)15(17)24(18,19)22-3/h4-8,11-14H,16-17H2,1-3H3,(H,18,19)/b15-10-/t11-,12+,13-,14+/m0/s1. The highest BCUT2D eigenvalue weighted by atomic mass is 31.2. The first-order valence-electron chi connectivity index (χ1n) is 7.69. The lowest BCUT2D eigenvalue weighted by Crippen LogP contribution is -2.35. The first-order chi connectivity index (χ1) is 11.4. The number of rotatable bonds is 6. The average Bonchev–Trinajstić information content (AvgIpc) is 2.99. The van der Waals surface area contributed by atoms with Crippen LogP contribution < -0.4 is 0 Å². The van der Waals surface area contributed by atoms with Crippen molar-refractivity contribution < 1.29 is 28.2 Å². The van der Waals surface area contributed by atoms with Crippen molar-refractivity contribution in [1.29, 1.82) is 0 Å². The average molecular weight is 352 g/mol. The highest BCUT2D eigenvalue weighted by Crippen LogP contribution is 2.51. The van der Waals surface area contributed by atoms with E-state index < -0.39 is 19.8 Å². The normalized spacial score (nSPS) is 30.7. The molecule has 0 spiro atoms. The van der Waals surface area contributed by atoms with E-state index in [0.29, 0.717) is 5.47 Å². The number of hydrogen-bond acceptors (Lipinski definition) is 5. The van der Waals surface area contributed by atoms with Crippen LogP contribution in [0.3, 0.4) is 0 Å². The molecule has 1 saturated heterocycles. The van der Waals surface area contributed by atoms with Crippen molar-refractivity contribution >= 4 is 23.3 Å². The molecule has 1 aliphatic heterocycles. The van der Waals surface area contributed by atoms with Crippen LogP contribution in [0.1, 0.15) is 11.7 Å². The Balaban J connectivity index is 2.41. The van der Waals surface area contributed by atoms with Gasteiger partial charge < -0.3 is 23.6 Å². The highest BCUT2D eigenvalue weighted by Gasteiger charge is 2.47. The van der Waals surface area contributed by atoms with Gasteiger partial charge >= 0.3 is 7.60 Å². The minimum absolute atomic E-state index is 0.264. The molecular weight excluding hydrogens is 329 g/mol. The van der Waals surface area contributed by atoms with E-state index >= 15 is 0 Å². The van der Waals surface area contributed by atoms with Gasteiger partial charge in [-0.1, -0.05) is 35.8 Å². The van der Waals surface area contributed by atoms with E-state index in [1.807, 2.05) is 30.3 Å². The Morgan fingerprint density at radius 3 is 2.21 bits per heavy atom. The SMILES string of the molecule is B/C(=C(/B)P(=O)(O)OC)[C@H]1O[C@@H](c2ccccc2)[C@H](OC)[C@@H]1OC. The summed E-state index contributed by atoms with van der Waals surface area (Å²) in [4.78, 5) is 9.94. The van der Waals surface area contributed by atoms with Crippen molar-refractivity contribution in [1.82, 2.24) is 0 Å². The van der Waals surface area contributed by atoms with E-state index in [0.717, 1.165) is 5.56 Å². The van der Waals surface area contributed by atoms with Crippen LogP contribution in [-0.2, 0) is 23.3 Å². The van der Waals surface area contributed by atoms with E-state index in [9.17, 15) is 9.46 Å². The molecule has 1 aliphatic rings. The van der Waals surface area contributed by atoms with Gasteiger partial charge in [-0.2, -0.15) is 0 Å². The van der Waals surface area contributed by atoms with Crippen molar-refractivity contribution in [3.8, 4) is 0 Å². The molecular formula is C15H23B2O6P. The second kappa shape index (κ2) is 8.00. The predicted octanol–water partition coefficient (Wildman–Crippen LogP) is 0.424. The maximum atomic E-state index is 12.1. The maximum absolute atomic E-state index is 12.1. The largest absolute Gasteiger partial charge is 0.376 e. The quantitative estimate of drug-likeness (QED) is 0.591. The van der Waals surface area contributed by atoms with Gasteiger partial charge in [-0.25, -0.2) is 0 Å². The molecule has 1 fully saturated rings. The number of hydrogen-bond donors (Lipinski definition) is 1. The molecule has 0 amide bonds. The summed E-state index contributed by atoms with van der Waals surface area (Å²) in [5.41, 5.74) is 1.59. The Labute approximate surface area is 144 Å². The van der Waals surface area contributed by atoms with E-state index in [1.54, 1.807) is 29.9 Å². The lowest BCUT2D eigenvalue weighted by molar-refractivity contribution is -0.0265. The Hall–Kier alpha value is -0.880. The van der Waals surface area contributed by atoms with Gasteiger partial charge in [0, 0.05) is 21.3 Å². The summed E-state index contributed by atoms with van der Waals surface area (Å²) in [7, 11) is 3.91. The molecule has 1 N–H and O–H groups in total. The molecule has 0 bridgehead atoms. The summed E-state index contributed by atoms with van der Waals surface area (Å²) in [5.74, 6) is 0. The van der Waals surface area contributed by atoms with Gasteiger partial charge in [0.05, 0.1) is 6.10 Å². The molecule has 5 atom stereocenters. The van der Waals surface area contributed by atoms with Crippen molar-refractivity contribution in [2.45, 2.75) is 24.4 Å². The molecule has 0 radical (unpaired) electrons. The van der Waals surface area contributed by atoms with E-state index in [4.69, 9.17) is 18.7 Å². The minimum atomic E-state index is -3.83. The zero-order chi connectivity index (χ0) is 17.9. The smallest absolute Gasteiger partial charge is 0.344 e. The molecule has 6 nitrogen and oxygen atoms in total. The van der Waals surface area contributed by atoms with Crippen LogP contribution in [0.25, 0.3) is 0 Å². The van der Waals surface area contributed by atoms with Gasteiger partial charge in [0.2, 0.25) is 0 Å². The lowest BCUT2D eigenvalue weighted by Gasteiger charge is -2.24. The molecule has 1 heterocycles. The number of benzene rings is 1. The Bertz CT molecular complexity index is 638. The third-order valence-electron chi connectivity index (χ3n) is 4.56. The topological polar surface area (TPSA) is 74.2 Å². The van der Waals surface area contributed by atoms with Crippen LogP contribution in [0.2, 0.25) is 0 Å². The Kier molecular flexibility index (Phi) is 6.48. The Morgan fingerprint density at radius 2 is 1.71 bits per heavy atom. The van der Waals surface area contributed by atoms with Crippen LogP contribution >= 0.6 is 7.60 Å². The second-order valence-electron chi connectivity index (χ2n) is 5.76. The third-order valence-corrected chi connectivity index (χ3v) is 6.25. The van der Waals surface area contributed by atoms with Crippen molar-refractivity contribution in [2.75, 3.05) is 21.3 Å². The van der Waals surface area contributed by atoms with Gasteiger partial charge in [-0.3, -0.25) is 4.57 Å². The van der Waals surface area contributed by atoms with E-state index in [2.05, 4.69) is 0 Å². The summed E-state index contributed by atoms with van der Waals surface area (Å²) in [6, 6.07) is 9.72. The Morgan fingerprint density at radius 1 is 1.12 bits per heavy atom. The van der Waals surface area contributed by atoms with Gasteiger partial charge in [0.25, 0.3) is 0 Å². The molecule has 0 aliphatic carbocycles. The summed E-state index contributed by atoms with van der Waals surface area (Å²) in [6.45, 7) is 0. The van der Waals surface area contributed by atoms with Gasteiger partial charge in [-0.15, -0.1) is 0 Å². The molecule has 24 heavy (non-hydrogen) atoms. The van der Waals surface area contributed by atoms with Crippen LogP contribution in [0, 0.1) is 0 Å². The van der Waals surface area contributed by atoms with Crippen LogP contribution in [0.4, 0.5) is 0 Å². The highest BCUT2D eigenvalue weighted by molar-refractivity contribution is 7.60. The fourth-order valence-electron chi connectivity index (χ4n) is 3.00. The molecule has 130 valence electrons. The molecule has 0 saturated carbocycles. The molecule has 9 heteroatoms. The maximum Gasteiger partial charge on any atom is 0.344 e. The molecule has 1 aromatic rings. The lowest BCUT2D eigenvalue weighted by atomic mass is 9.82. The van der Waals surface area contributed by atoms with E-state index in [1.165, 1.54) is 7.11 Å². The zero-order valence-electron chi connectivity index (χ0n) is 14.6. The molecule has 1 aromatic carbocycles. The summed E-state index contributed by atoms with van der Waals surface area (Å²) >= 11 is 0. The van der Waals surface area contributed by atoms with Gasteiger partial charge in [0.1, 0.15) is 34.0 Å². The summed E-state index contributed by atoms with van der Waals surface area (Å²) < 4.78 is 34.3. The predicted molar refractivity (Wildman–Crippen MR) is 96.6 cm³/mol. The zero-order valence-corrected chi connectivity index (χ0v) is 15.5. The molecule has 2 rings (SSSR count). The van der Waals surface area contributed by atoms with Crippen LogP contribution in [-0.4, -0.2) is 60.2 Å². The van der Waals surface area contributed by atoms with Crippen LogP contribution in [0.15, 0.2) is 41.0 Å². The van der Waals surface area contributed by atoms with Crippen molar-refractivity contribution in [3.63, 3.8) is 0 Å². The second-order valence-corrected chi connectivity index (χ2v) is 7.84. The third kappa shape index (κ3) is 3.69. The number of methoxy groups -OCH3 is 2. The molecule has 1 unspecified atom stereocenters. The first kappa shape index (κ1) is 19.4. The fourth-order valence-corrected chi connectivity index (χ4v) is 3.84. The number of ether oxygens (including phenoxy) is 3. The first-order valence-corrected chi connectivity index (χ1v) is 9.27. The fraction of sp³-hybridized carbons (Fsp3) is 0.467. The minimum Gasteiger partial charge on any atom is -0.376 e. The molecule has 0 aromatic heterocycles.